The third kappa shape index (κ3) is 2.48. The predicted molar refractivity (Wildman–Crippen MR) is 103 cm³/mol. The van der Waals surface area contributed by atoms with Crippen molar-refractivity contribution < 1.29 is 9.84 Å². The summed E-state index contributed by atoms with van der Waals surface area (Å²) in [6.07, 6.45) is 0. The van der Waals surface area contributed by atoms with E-state index in [-0.39, 0.29) is 0 Å². The molecule has 0 atom stereocenters. The van der Waals surface area contributed by atoms with Crippen LogP contribution in [0.25, 0.3) is 27.5 Å². The van der Waals surface area contributed by atoms with E-state index in [1.54, 1.807) is 7.11 Å². The molecule has 0 aliphatic carbocycles. The second-order valence-corrected chi connectivity index (χ2v) is 6.81. The molecule has 0 unspecified atom stereocenters. The largest absolute Gasteiger partial charge is 0.497 e. The average Bonchev–Trinajstić information content (AvgIpc) is 2.95. The minimum Gasteiger partial charge on any atom is -0.497 e. The molecule has 3 aromatic carbocycles. The number of aromatic nitrogens is 1. The summed E-state index contributed by atoms with van der Waals surface area (Å²) in [7, 11) is 1.66. The molecule has 3 heteroatoms. The van der Waals surface area contributed by atoms with Gasteiger partial charge in [-0.2, -0.15) is 0 Å². The van der Waals surface area contributed by atoms with E-state index >= 15 is 0 Å². The zero-order chi connectivity index (χ0) is 17.6. The summed E-state index contributed by atoms with van der Waals surface area (Å²) in [4.78, 5) is 0. The highest BCUT2D eigenvalue weighted by atomic mass is 16.5. The van der Waals surface area contributed by atoms with Gasteiger partial charge in [-0.25, -0.2) is 0 Å². The molecule has 126 valence electrons. The molecule has 0 saturated heterocycles. The number of ether oxygens (including phenoxy) is 1. The van der Waals surface area contributed by atoms with Gasteiger partial charge in [0, 0.05) is 22.4 Å². The highest BCUT2D eigenvalue weighted by Crippen LogP contribution is 2.37. The molecule has 0 radical (unpaired) electrons. The molecule has 1 N–H and O–H groups in total. The number of aliphatic hydroxyl groups is 1. The first-order chi connectivity index (χ1) is 12.0. The Balaban J connectivity index is 2.18. The summed E-state index contributed by atoms with van der Waals surface area (Å²) in [5.74, 6) is 0.768. The van der Waals surface area contributed by atoms with Crippen LogP contribution in [0.15, 0.2) is 66.7 Å². The van der Waals surface area contributed by atoms with Gasteiger partial charge in [0.15, 0.2) is 0 Å². The summed E-state index contributed by atoms with van der Waals surface area (Å²) in [6.45, 7) is 3.62. The van der Waals surface area contributed by atoms with Crippen molar-refractivity contribution in [3.05, 3.63) is 72.3 Å². The van der Waals surface area contributed by atoms with E-state index in [1.165, 1.54) is 10.8 Å². The van der Waals surface area contributed by atoms with Crippen molar-refractivity contribution in [3.63, 3.8) is 0 Å². The molecule has 0 aliphatic rings. The van der Waals surface area contributed by atoms with Crippen molar-refractivity contribution >= 4 is 21.8 Å². The van der Waals surface area contributed by atoms with Crippen LogP contribution in [0.5, 0.6) is 5.75 Å². The molecule has 0 bridgehead atoms. The molecule has 4 rings (SSSR count). The number of rotatable bonds is 3. The Morgan fingerprint density at radius 2 is 1.40 bits per heavy atom. The van der Waals surface area contributed by atoms with Gasteiger partial charge in [-0.3, -0.25) is 0 Å². The van der Waals surface area contributed by atoms with Crippen molar-refractivity contribution in [2.45, 2.75) is 19.4 Å². The summed E-state index contributed by atoms with van der Waals surface area (Å²) >= 11 is 0. The lowest BCUT2D eigenvalue weighted by molar-refractivity contribution is 0.0786. The zero-order valence-electron chi connectivity index (χ0n) is 14.7. The van der Waals surface area contributed by atoms with Gasteiger partial charge in [-0.15, -0.1) is 0 Å². The fourth-order valence-corrected chi connectivity index (χ4v) is 3.52. The molecular formula is C22H21NO2. The van der Waals surface area contributed by atoms with Gasteiger partial charge in [0.25, 0.3) is 0 Å². The quantitative estimate of drug-likeness (QED) is 0.572. The van der Waals surface area contributed by atoms with Crippen molar-refractivity contribution in [2.75, 3.05) is 7.11 Å². The van der Waals surface area contributed by atoms with Crippen LogP contribution < -0.4 is 4.74 Å². The molecular weight excluding hydrogens is 310 g/mol. The molecule has 0 aliphatic heterocycles. The monoisotopic (exact) mass is 331 g/mol. The third-order valence-electron chi connectivity index (χ3n) is 4.69. The maximum absolute atomic E-state index is 10.7. The van der Waals surface area contributed by atoms with E-state index in [0.29, 0.717) is 0 Å². The van der Waals surface area contributed by atoms with E-state index in [1.807, 2.05) is 44.2 Å². The Kier molecular flexibility index (Phi) is 3.55. The lowest BCUT2D eigenvalue weighted by Gasteiger charge is -2.23. The van der Waals surface area contributed by atoms with Gasteiger partial charge in [-0.05, 0) is 32.0 Å². The number of benzene rings is 3. The topological polar surface area (TPSA) is 34.4 Å². The number of hydrogen-bond donors (Lipinski definition) is 1. The first kappa shape index (κ1) is 15.7. The number of para-hydroxylation sites is 2. The highest BCUT2D eigenvalue weighted by molar-refractivity contribution is 6.09. The van der Waals surface area contributed by atoms with Gasteiger partial charge in [0.1, 0.15) is 5.75 Å². The third-order valence-corrected chi connectivity index (χ3v) is 4.69. The van der Waals surface area contributed by atoms with E-state index in [2.05, 4.69) is 41.0 Å². The fourth-order valence-electron chi connectivity index (χ4n) is 3.52. The number of nitrogens with zero attached hydrogens (tertiary/aromatic N) is 1. The summed E-state index contributed by atoms with van der Waals surface area (Å²) < 4.78 is 7.66. The Labute approximate surface area is 147 Å². The normalized spacial score (nSPS) is 12.0. The van der Waals surface area contributed by atoms with Gasteiger partial charge in [-0.1, -0.05) is 42.5 Å². The molecule has 4 aromatic rings. The molecule has 0 fully saturated rings. The Bertz CT molecular complexity index is 1020. The number of methoxy groups -OCH3 is 1. The zero-order valence-corrected chi connectivity index (χ0v) is 14.7. The van der Waals surface area contributed by atoms with E-state index in [9.17, 15) is 5.11 Å². The molecule has 0 spiro atoms. The molecule has 3 nitrogen and oxygen atoms in total. The standard InChI is InChI=1S/C22H21NO2/c1-22(2,24)18-13-12-15(25-3)14-21(18)23-19-10-6-4-8-16(19)17-9-5-7-11-20(17)23/h4-14,24H,1-3H3. The van der Waals surface area contributed by atoms with Gasteiger partial charge < -0.3 is 14.4 Å². The van der Waals surface area contributed by atoms with Gasteiger partial charge in [0.2, 0.25) is 0 Å². The number of hydrogen-bond acceptors (Lipinski definition) is 2. The van der Waals surface area contributed by atoms with Crippen LogP contribution in [0.3, 0.4) is 0 Å². The van der Waals surface area contributed by atoms with Crippen LogP contribution in [0.4, 0.5) is 0 Å². The number of fused-ring (bicyclic) bond motifs is 3. The smallest absolute Gasteiger partial charge is 0.120 e. The Morgan fingerprint density at radius 1 is 0.840 bits per heavy atom. The molecule has 1 heterocycles. The Morgan fingerprint density at radius 3 is 1.92 bits per heavy atom. The summed E-state index contributed by atoms with van der Waals surface area (Å²) in [5.41, 5.74) is 3.06. The molecule has 0 saturated carbocycles. The second-order valence-electron chi connectivity index (χ2n) is 6.81. The van der Waals surface area contributed by atoms with E-state index < -0.39 is 5.60 Å². The van der Waals surface area contributed by atoms with Crippen molar-refractivity contribution in [3.8, 4) is 11.4 Å². The minimum absolute atomic E-state index is 0.768. The first-order valence-corrected chi connectivity index (χ1v) is 8.40. The summed E-state index contributed by atoms with van der Waals surface area (Å²) in [6, 6.07) is 22.5. The van der Waals surface area contributed by atoms with E-state index in [4.69, 9.17) is 4.74 Å². The average molecular weight is 331 g/mol. The van der Waals surface area contributed by atoms with Gasteiger partial charge >= 0.3 is 0 Å². The lowest BCUT2D eigenvalue weighted by Crippen LogP contribution is -2.18. The van der Waals surface area contributed by atoms with Crippen LogP contribution in [-0.4, -0.2) is 16.8 Å². The van der Waals surface area contributed by atoms with Crippen LogP contribution >= 0.6 is 0 Å². The fraction of sp³-hybridized carbons (Fsp3) is 0.182. The Hall–Kier alpha value is -2.78. The minimum atomic E-state index is -0.964. The first-order valence-electron chi connectivity index (χ1n) is 8.40. The van der Waals surface area contributed by atoms with Crippen molar-refractivity contribution in [1.82, 2.24) is 4.57 Å². The molecule has 25 heavy (non-hydrogen) atoms. The maximum atomic E-state index is 10.7. The molecule has 1 aromatic heterocycles. The summed E-state index contributed by atoms with van der Waals surface area (Å²) in [5, 5.41) is 13.1. The second kappa shape index (κ2) is 5.64. The van der Waals surface area contributed by atoms with Crippen LogP contribution in [0.1, 0.15) is 19.4 Å². The van der Waals surface area contributed by atoms with Crippen LogP contribution in [0.2, 0.25) is 0 Å². The highest BCUT2D eigenvalue weighted by Gasteiger charge is 2.23. The lowest BCUT2D eigenvalue weighted by atomic mass is 9.96. The maximum Gasteiger partial charge on any atom is 0.120 e. The van der Waals surface area contributed by atoms with Crippen molar-refractivity contribution in [1.29, 1.82) is 0 Å². The SMILES string of the molecule is COc1ccc(C(C)(C)O)c(-n2c3ccccc3c3ccccc32)c1. The van der Waals surface area contributed by atoms with Crippen molar-refractivity contribution in [2.24, 2.45) is 0 Å². The van der Waals surface area contributed by atoms with E-state index in [0.717, 1.165) is 28.0 Å². The van der Waals surface area contributed by atoms with Gasteiger partial charge in [0.05, 0.1) is 29.4 Å². The molecule has 0 amide bonds. The predicted octanol–water partition coefficient (Wildman–Crippen LogP) is 5.02. The van der Waals surface area contributed by atoms with Crippen LogP contribution in [0, 0.1) is 0 Å². The van der Waals surface area contributed by atoms with Crippen LogP contribution in [-0.2, 0) is 5.60 Å².